The molecule has 1 amide bonds. The minimum Gasteiger partial charge on any atom is -0.465 e. The number of rotatable bonds is 4. The number of carboxylic acid groups (broad SMARTS) is 1. The van der Waals surface area contributed by atoms with Gasteiger partial charge in [0, 0.05) is 7.11 Å². The first-order chi connectivity index (χ1) is 4.70. The van der Waals surface area contributed by atoms with Gasteiger partial charge >= 0.3 is 6.09 Å². The third-order valence-corrected chi connectivity index (χ3v) is 0.916. The van der Waals surface area contributed by atoms with Crippen LogP contribution >= 0.6 is 0 Å². The van der Waals surface area contributed by atoms with Crippen molar-refractivity contribution < 1.29 is 19.7 Å². The van der Waals surface area contributed by atoms with Crippen molar-refractivity contribution in [2.75, 3.05) is 20.3 Å². The highest BCUT2D eigenvalue weighted by molar-refractivity contribution is 5.64. The van der Waals surface area contributed by atoms with E-state index in [4.69, 9.17) is 10.2 Å². The molecule has 5 heteroatoms. The second kappa shape index (κ2) is 5.01. The predicted octanol–water partition coefficient (Wildman–Crippen LogP) is -0.739. The molecule has 10 heavy (non-hydrogen) atoms. The van der Waals surface area contributed by atoms with Crippen LogP contribution in [0.5, 0.6) is 0 Å². The standard InChI is InChI=1S/C5H11NO4/c1-10-3-4(2-7)6-5(8)9/h4,6-7H,2-3H2,1H3,(H,8,9). The summed E-state index contributed by atoms with van der Waals surface area (Å²) in [5, 5.41) is 18.7. The fraction of sp³-hybridized carbons (Fsp3) is 0.800. The lowest BCUT2D eigenvalue weighted by molar-refractivity contribution is 0.121. The molecule has 0 spiro atoms. The monoisotopic (exact) mass is 149 g/mol. The van der Waals surface area contributed by atoms with Crippen LogP contribution in [0.4, 0.5) is 4.79 Å². The van der Waals surface area contributed by atoms with Gasteiger partial charge in [0.2, 0.25) is 0 Å². The molecule has 60 valence electrons. The van der Waals surface area contributed by atoms with E-state index in [0.717, 1.165) is 0 Å². The number of methoxy groups -OCH3 is 1. The minimum absolute atomic E-state index is 0.183. The summed E-state index contributed by atoms with van der Waals surface area (Å²) < 4.78 is 4.61. The van der Waals surface area contributed by atoms with Gasteiger partial charge in [-0.05, 0) is 0 Å². The van der Waals surface area contributed by atoms with Crippen molar-refractivity contribution in [3.63, 3.8) is 0 Å². The van der Waals surface area contributed by atoms with Crippen LogP contribution in [0, 0.1) is 0 Å². The number of carbonyl (C=O) groups is 1. The zero-order chi connectivity index (χ0) is 7.98. The van der Waals surface area contributed by atoms with E-state index in [9.17, 15) is 4.79 Å². The molecule has 5 nitrogen and oxygen atoms in total. The van der Waals surface area contributed by atoms with Crippen LogP contribution in [0.2, 0.25) is 0 Å². The van der Waals surface area contributed by atoms with Gasteiger partial charge in [0.15, 0.2) is 0 Å². The van der Waals surface area contributed by atoms with E-state index in [0.29, 0.717) is 0 Å². The maximum atomic E-state index is 9.97. The summed E-state index contributed by atoms with van der Waals surface area (Å²) in [6, 6.07) is -0.525. The highest BCUT2D eigenvalue weighted by Gasteiger charge is 2.08. The Bertz CT molecular complexity index is 106. The van der Waals surface area contributed by atoms with Crippen molar-refractivity contribution in [1.82, 2.24) is 5.32 Å². The van der Waals surface area contributed by atoms with Gasteiger partial charge in [-0.2, -0.15) is 0 Å². The first-order valence-corrected chi connectivity index (χ1v) is 2.80. The summed E-state index contributed by atoms with van der Waals surface area (Å²) in [5.74, 6) is 0. The molecule has 0 saturated carbocycles. The van der Waals surface area contributed by atoms with Crippen molar-refractivity contribution in [2.45, 2.75) is 6.04 Å². The normalized spacial score (nSPS) is 12.6. The van der Waals surface area contributed by atoms with Gasteiger partial charge < -0.3 is 20.3 Å². The summed E-state index contributed by atoms with van der Waals surface area (Å²) in [6.45, 7) is -0.0665. The largest absolute Gasteiger partial charge is 0.465 e. The summed E-state index contributed by atoms with van der Waals surface area (Å²) >= 11 is 0. The Kier molecular flexibility index (Phi) is 4.61. The number of ether oxygens (including phenoxy) is 1. The number of hydrogen-bond acceptors (Lipinski definition) is 3. The topological polar surface area (TPSA) is 78.8 Å². The molecule has 0 aromatic heterocycles. The summed E-state index contributed by atoms with van der Waals surface area (Å²) in [5.41, 5.74) is 0. The van der Waals surface area contributed by atoms with Crippen LogP contribution in [0.15, 0.2) is 0 Å². The minimum atomic E-state index is -1.16. The Morgan fingerprint density at radius 3 is 2.70 bits per heavy atom. The quantitative estimate of drug-likeness (QED) is 0.492. The Morgan fingerprint density at radius 1 is 1.80 bits per heavy atom. The molecule has 0 aliphatic rings. The molecule has 0 saturated heterocycles. The zero-order valence-corrected chi connectivity index (χ0v) is 5.70. The molecular formula is C5H11NO4. The predicted molar refractivity (Wildman–Crippen MR) is 33.9 cm³/mol. The molecule has 0 aromatic rings. The van der Waals surface area contributed by atoms with Gasteiger partial charge in [-0.25, -0.2) is 4.79 Å². The van der Waals surface area contributed by atoms with Crippen LogP contribution in [0.3, 0.4) is 0 Å². The second-order valence-corrected chi connectivity index (χ2v) is 1.78. The van der Waals surface area contributed by atoms with E-state index in [1.165, 1.54) is 7.11 Å². The lowest BCUT2D eigenvalue weighted by Gasteiger charge is -2.11. The van der Waals surface area contributed by atoms with Crippen LogP contribution in [0.25, 0.3) is 0 Å². The molecule has 0 aliphatic heterocycles. The van der Waals surface area contributed by atoms with Gasteiger partial charge in [-0.15, -0.1) is 0 Å². The number of hydrogen-bond donors (Lipinski definition) is 3. The molecule has 1 atom stereocenters. The Balaban J connectivity index is 3.49. The van der Waals surface area contributed by atoms with Gasteiger partial charge in [-0.3, -0.25) is 0 Å². The zero-order valence-electron chi connectivity index (χ0n) is 5.70. The van der Waals surface area contributed by atoms with Crippen molar-refractivity contribution >= 4 is 6.09 Å². The average molecular weight is 149 g/mol. The molecule has 3 N–H and O–H groups in total. The average Bonchev–Trinajstić information content (AvgIpc) is 1.86. The molecule has 0 heterocycles. The fourth-order valence-corrected chi connectivity index (χ4v) is 0.516. The van der Waals surface area contributed by atoms with E-state index in [2.05, 4.69) is 10.1 Å². The summed E-state index contributed by atoms with van der Waals surface area (Å²) in [7, 11) is 1.44. The van der Waals surface area contributed by atoms with Crippen LogP contribution in [-0.2, 0) is 4.74 Å². The lowest BCUT2D eigenvalue weighted by Crippen LogP contribution is -2.39. The number of amides is 1. The number of aliphatic hydroxyl groups is 1. The van der Waals surface area contributed by atoms with Crippen LogP contribution < -0.4 is 5.32 Å². The Labute approximate surface area is 58.6 Å². The van der Waals surface area contributed by atoms with Crippen molar-refractivity contribution in [2.24, 2.45) is 0 Å². The molecule has 0 radical (unpaired) electrons. The van der Waals surface area contributed by atoms with E-state index in [1.807, 2.05) is 0 Å². The first kappa shape index (κ1) is 9.19. The smallest absolute Gasteiger partial charge is 0.405 e. The third-order valence-electron chi connectivity index (χ3n) is 0.916. The van der Waals surface area contributed by atoms with Gasteiger partial charge in [0.1, 0.15) is 0 Å². The lowest BCUT2D eigenvalue weighted by atomic mass is 10.3. The Morgan fingerprint density at radius 2 is 2.40 bits per heavy atom. The van der Waals surface area contributed by atoms with Gasteiger partial charge in [0.05, 0.1) is 19.3 Å². The van der Waals surface area contributed by atoms with Crippen LogP contribution in [0.1, 0.15) is 0 Å². The van der Waals surface area contributed by atoms with E-state index in [-0.39, 0.29) is 13.2 Å². The second-order valence-electron chi connectivity index (χ2n) is 1.78. The molecule has 0 bridgehead atoms. The van der Waals surface area contributed by atoms with Gasteiger partial charge in [0.25, 0.3) is 0 Å². The molecule has 0 fully saturated rings. The number of nitrogens with one attached hydrogen (secondary N) is 1. The van der Waals surface area contributed by atoms with Crippen molar-refractivity contribution in [1.29, 1.82) is 0 Å². The molecule has 0 aromatic carbocycles. The Hall–Kier alpha value is -0.810. The maximum absolute atomic E-state index is 9.97. The number of aliphatic hydroxyl groups excluding tert-OH is 1. The van der Waals surface area contributed by atoms with E-state index >= 15 is 0 Å². The molecular weight excluding hydrogens is 138 g/mol. The van der Waals surface area contributed by atoms with Gasteiger partial charge in [-0.1, -0.05) is 0 Å². The highest BCUT2D eigenvalue weighted by Crippen LogP contribution is 1.81. The summed E-state index contributed by atoms with van der Waals surface area (Å²) in [4.78, 5) is 9.97. The highest BCUT2D eigenvalue weighted by atomic mass is 16.5. The maximum Gasteiger partial charge on any atom is 0.405 e. The molecule has 0 aliphatic carbocycles. The van der Waals surface area contributed by atoms with Crippen molar-refractivity contribution in [3.05, 3.63) is 0 Å². The SMILES string of the molecule is COCC(CO)NC(=O)O. The van der Waals surface area contributed by atoms with E-state index in [1.54, 1.807) is 0 Å². The first-order valence-electron chi connectivity index (χ1n) is 2.80. The molecule has 1 unspecified atom stereocenters. The third kappa shape index (κ3) is 4.11. The van der Waals surface area contributed by atoms with Crippen molar-refractivity contribution in [3.8, 4) is 0 Å². The van der Waals surface area contributed by atoms with Crippen LogP contribution in [-0.4, -0.2) is 42.7 Å². The fourth-order valence-electron chi connectivity index (χ4n) is 0.516. The van der Waals surface area contributed by atoms with E-state index < -0.39 is 12.1 Å². The summed E-state index contributed by atoms with van der Waals surface area (Å²) in [6.07, 6.45) is -1.16. The molecule has 0 rings (SSSR count).